The van der Waals surface area contributed by atoms with Gasteiger partial charge in [-0.05, 0) is 37.8 Å². The van der Waals surface area contributed by atoms with Crippen molar-refractivity contribution >= 4 is 23.2 Å². The summed E-state index contributed by atoms with van der Waals surface area (Å²) in [4.78, 5) is 0. The Kier molecular flexibility index (Phi) is 4.80. The number of halogens is 2. The Labute approximate surface area is 137 Å². The molecule has 1 saturated heterocycles. The molecule has 21 heavy (non-hydrogen) atoms. The molecule has 2 N–H and O–H groups in total. The smallest absolute Gasteiger partial charge is 0.106 e. The van der Waals surface area contributed by atoms with Crippen molar-refractivity contribution in [3.63, 3.8) is 0 Å². The maximum atomic E-state index is 6.43. The second-order valence-electron chi connectivity index (χ2n) is 6.85. The SMILES string of the molecule is NC[C@H]1CC[N+](Cc2ccc(Cl)cc2Cl)(C2CCCC2)C1. The van der Waals surface area contributed by atoms with Crippen LogP contribution in [-0.4, -0.2) is 30.2 Å². The molecular formula is C17H25Cl2N2+. The summed E-state index contributed by atoms with van der Waals surface area (Å²) in [5.41, 5.74) is 7.18. The Morgan fingerprint density at radius 2 is 1.90 bits per heavy atom. The predicted molar refractivity (Wildman–Crippen MR) is 89.6 cm³/mol. The van der Waals surface area contributed by atoms with Gasteiger partial charge in [-0.15, -0.1) is 0 Å². The van der Waals surface area contributed by atoms with Gasteiger partial charge in [-0.3, -0.25) is 0 Å². The second-order valence-corrected chi connectivity index (χ2v) is 7.69. The van der Waals surface area contributed by atoms with Gasteiger partial charge in [-0.25, -0.2) is 0 Å². The molecule has 1 saturated carbocycles. The van der Waals surface area contributed by atoms with Gasteiger partial charge in [0.2, 0.25) is 0 Å². The van der Waals surface area contributed by atoms with E-state index in [1.54, 1.807) is 0 Å². The second kappa shape index (κ2) is 6.45. The highest BCUT2D eigenvalue weighted by Gasteiger charge is 2.44. The highest BCUT2D eigenvalue weighted by Crippen LogP contribution is 2.38. The molecule has 4 heteroatoms. The van der Waals surface area contributed by atoms with E-state index in [0.29, 0.717) is 5.92 Å². The molecule has 1 unspecified atom stereocenters. The van der Waals surface area contributed by atoms with Crippen molar-refractivity contribution in [2.75, 3.05) is 19.6 Å². The van der Waals surface area contributed by atoms with Crippen LogP contribution in [0.2, 0.25) is 10.0 Å². The van der Waals surface area contributed by atoms with Gasteiger partial charge in [-0.1, -0.05) is 29.3 Å². The Morgan fingerprint density at radius 1 is 1.14 bits per heavy atom. The van der Waals surface area contributed by atoms with Crippen LogP contribution in [0, 0.1) is 5.92 Å². The Balaban J connectivity index is 1.85. The van der Waals surface area contributed by atoms with E-state index in [1.807, 2.05) is 12.1 Å². The minimum atomic E-state index is 0.677. The molecule has 0 aromatic heterocycles. The molecule has 0 radical (unpaired) electrons. The number of hydrogen-bond donors (Lipinski definition) is 1. The molecule has 2 atom stereocenters. The number of hydrogen-bond acceptors (Lipinski definition) is 1. The Hall–Kier alpha value is -0.280. The van der Waals surface area contributed by atoms with Gasteiger partial charge < -0.3 is 10.2 Å². The van der Waals surface area contributed by atoms with Crippen LogP contribution in [0.5, 0.6) is 0 Å². The fraction of sp³-hybridized carbons (Fsp3) is 0.647. The number of benzene rings is 1. The first-order chi connectivity index (χ1) is 10.1. The maximum absolute atomic E-state index is 6.43. The van der Waals surface area contributed by atoms with Crippen LogP contribution < -0.4 is 5.73 Å². The first-order valence-electron chi connectivity index (χ1n) is 8.13. The van der Waals surface area contributed by atoms with Crippen molar-refractivity contribution in [3.05, 3.63) is 33.8 Å². The van der Waals surface area contributed by atoms with Crippen molar-refractivity contribution in [1.82, 2.24) is 0 Å². The van der Waals surface area contributed by atoms with Gasteiger partial charge in [0.25, 0.3) is 0 Å². The quantitative estimate of drug-likeness (QED) is 0.823. The number of rotatable bonds is 4. The largest absolute Gasteiger partial charge is 0.330 e. The first-order valence-corrected chi connectivity index (χ1v) is 8.88. The van der Waals surface area contributed by atoms with Crippen molar-refractivity contribution in [2.45, 2.75) is 44.7 Å². The minimum absolute atomic E-state index is 0.677. The van der Waals surface area contributed by atoms with E-state index in [9.17, 15) is 0 Å². The van der Waals surface area contributed by atoms with Gasteiger partial charge in [0, 0.05) is 29.5 Å². The normalized spacial score (nSPS) is 30.1. The summed E-state index contributed by atoms with van der Waals surface area (Å²) in [6, 6.07) is 6.74. The van der Waals surface area contributed by atoms with E-state index in [1.165, 1.54) is 55.2 Å². The van der Waals surface area contributed by atoms with Crippen molar-refractivity contribution in [3.8, 4) is 0 Å². The van der Waals surface area contributed by atoms with E-state index < -0.39 is 0 Å². The number of nitrogens with zero attached hydrogens (tertiary/aromatic N) is 1. The molecule has 2 aliphatic rings. The molecule has 1 aromatic rings. The van der Waals surface area contributed by atoms with Gasteiger partial charge in [-0.2, -0.15) is 0 Å². The van der Waals surface area contributed by atoms with Crippen molar-refractivity contribution in [2.24, 2.45) is 11.7 Å². The zero-order valence-electron chi connectivity index (χ0n) is 12.5. The van der Waals surface area contributed by atoms with Crippen LogP contribution in [0.3, 0.4) is 0 Å². The monoisotopic (exact) mass is 327 g/mol. The van der Waals surface area contributed by atoms with E-state index in [-0.39, 0.29) is 0 Å². The fourth-order valence-corrected chi connectivity index (χ4v) is 4.84. The predicted octanol–water partition coefficient (Wildman–Crippen LogP) is 4.23. The molecule has 3 rings (SSSR count). The third kappa shape index (κ3) is 3.24. The molecule has 1 aliphatic carbocycles. The Bertz CT molecular complexity index is 500. The highest BCUT2D eigenvalue weighted by atomic mass is 35.5. The average molecular weight is 328 g/mol. The molecule has 0 amide bonds. The lowest BCUT2D eigenvalue weighted by molar-refractivity contribution is -0.953. The number of nitrogens with two attached hydrogens (primary N) is 1. The molecule has 1 heterocycles. The van der Waals surface area contributed by atoms with Crippen molar-refractivity contribution in [1.29, 1.82) is 0 Å². The van der Waals surface area contributed by atoms with E-state index in [4.69, 9.17) is 28.9 Å². The van der Waals surface area contributed by atoms with Crippen LogP contribution in [-0.2, 0) is 6.54 Å². The van der Waals surface area contributed by atoms with E-state index in [2.05, 4.69) is 6.07 Å². The molecule has 2 nitrogen and oxygen atoms in total. The van der Waals surface area contributed by atoms with Crippen LogP contribution in [0.1, 0.15) is 37.7 Å². The first kappa shape index (κ1) is 15.6. The lowest BCUT2D eigenvalue weighted by Crippen LogP contribution is -2.52. The molecule has 116 valence electrons. The molecule has 2 fully saturated rings. The summed E-state index contributed by atoms with van der Waals surface area (Å²) < 4.78 is 1.20. The van der Waals surface area contributed by atoms with Crippen molar-refractivity contribution < 1.29 is 4.48 Å². The molecule has 0 bridgehead atoms. The van der Waals surface area contributed by atoms with Crippen LogP contribution in [0.15, 0.2) is 18.2 Å². The summed E-state index contributed by atoms with van der Waals surface area (Å²) in [5.74, 6) is 0.677. The van der Waals surface area contributed by atoms with Crippen LogP contribution >= 0.6 is 23.2 Å². The summed E-state index contributed by atoms with van der Waals surface area (Å²) in [7, 11) is 0. The van der Waals surface area contributed by atoms with Crippen LogP contribution in [0.25, 0.3) is 0 Å². The number of quaternary nitrogens is 1. The topological polar surface area (TPSA) is 26.0 Å². The zero-order valence-corrected chi connectivity index (χ0v) is 14.0. The number of likely N-dealkylation sites (tertiary alicyclic amines) is 1. The zero-order chi connectivity index (χ0) is 14.9. The van der Waals surface area contributed by atoms with Gasteiger partial charge >= 0.3 is 0 Å². The molecular weight excluding hydrogens is 303 g/mol. The van der Waals surface area contributed by atoms with Gasteiger partial charge in [0.15, 0.2) is 0 Å². The van der Waals surface area contributed by atoms with Gasteiger partial charge in [0.05, 0.1) is 24.2 Å². The van der Waals surface area contributed by atoms with Crippen LogP contribution in [0.4, 0.5) is 0 Å². The third-order valence-corrected chi connectivity index (χ3v) is 6.12. The van der Waals surface area contributed by atoms with E-state index >= 15 is 0 Å². The third-order valence-electron chi connectivity index (χ3n) is 5.54. The average Bonchev–Trinajstić information content (AvgIpc) is 3.12. The maximum Gasteiger partial charge on any atom is 0.106 e. The lowest BCUT2D eigenvalue weighted by atomic mass is 10.1. The minimum Gasteiger partial charge on any atom is -0.330 e. The summed E-state index contributed by atoms with van der Waals surface area (Å²) in [5, 5.41) is 1.53. The Morgan fingerprint density at radius 3 is 2.52 bits per heavy atom. The van der Waals surface area contributed by atoms with Gasteiger partial charge in [0.1, 0.15) is 6.54 Å². The fourth-order valence-electron chi connectivity index (χ4n) is 4.37. The summed E-state index contributed by atoms with van der Waals surface area (Å²) in [6.07, 6.45) is 6.75. The highest BCUT2D eigenvalue weighted by molar-refractivity contribution is 6.35. The molecule has 0 spiro atoms. The lowest BCUT2D eigenvalue weighted by Gasteiger charge is -2.41. The standard InChI is InChI=1S/C17H25Cl2N2/c18-15-6-5-14(17(19)9-15)12-21(16-3-1-2-4-16)8-7-13(10-20)11-21/h5-6,9,13,16H,1-4,7-8,10-12,20H2/q+1/t13-,21?/m1/s1. The van der Waals surface area contributed by atoms with E-state index in [0.717, 1.165) is 29.2 Å². The summed E-state index contributed by atoms with van der Waals surface area (Å²) >= 11 is 12.5. The molecule has 1 aromatic carbocycles. The molecule has 1 aliphatic heterocycles. The summed E-state index contributed by atoms with van der Waals surface area (Å²) in [6.45, 7) is 4.34.